The number of sulfonamides is 1. The number of anilines is 1. The second-order valence-corrected chi connectivity index (χ2v) is 8.00. The predicted octanol–water partition coefficient (Wildman–Crippen LogP) is 2.51. The molecule has 0 saturated carbocycles. The molecule has 6 nitrogen and oxygen atoms in total. The van der Waals surface area contributed by atoms with Crippen molar-refractivity contribution in [3.8, 4) is 5.75 Å². The molecule has 0 unspecified atom stereocenters. The van der Waals surface area contributed by atoms with E-state index in [2.05, 4.69) is 23.5 Å². The first-order valence-electron chi connectivity index (χ1n) is 9.24. The topological polar surface area (TPSA) is 84.7 Å². The molecule has 27 heavy (non-hydrogen) atoms. The number of hydrogen-bond acceptors (Lipinski definition) is 5. The Hall–Kier alpha value is -2.09. The van der Waals surface area contributed by atoms with E-state index in [1.807, 2.05) is 24.3 Å². The standard InChI is InChI=1S/C20H29N3O3S/c1-3-23(4-2)15-16-26-19-9-5-17(6-10-19)13-14-22-27(24,25)20-11-7-18(21)8-12-20/h5-12,22H,3-4,13-16,21H2,1-2H3. The summed E-state index contributed by atoms with van der Waals surface area (Å²) in [6, 6.07) is 13.9. The second kappa shape index (κ2) is 10.3. The summed E-state index contributed by atoms with van der Waals surface area (Å²) in [5.41, 5.74) is 7.17. The third kappa shape index (κ3) is 6.86. The molecule has 0 radical (unpaired) electrons. The molecule has 0 spiro atoms. The highest BCUT2D eigenvalue weighted by molar-refractivity contribution is 7.89. The van der Waals surface area contributed by atoms with Gasteiger partial charge in [0.15, 0.2) is 0 Å². The van der Waals surface area contributed by atoms with Crippen LogP contribution in [0.2, 0.25) is 0 Å². The molecule has 3 N–H and O–H groups in total. The fourth-order valence-corrected chi connectivity index (χ4v) is 3.68. The first-order valence-corrected chi connectivity index (χ1v) is 10.7. The van der Waals surface area contributed by atoms with Gasteiger partial charge in [-0.05, 0) is 61.5 Å². The smallest absolute Gasteiger partial charge is 0.240 e. The van der Waals surface area contributed by atoms with Gasteiger partial charge >= 0.3 is 0 Å². The van der Waals surface area contributed by atoms with Gasteiger partial charge in [-0.25, -0.2) is 13.1 Å². The van der Waals surface area contributed by atoms with Crippen molar-refractivity contribution >= 4 is 15.7 Å². The molecule has 7 heteroatoms. The lowest BCUT2D eigenvalue weighted by atomic mass is 10.1. The number of rotatable bonds is 11. The lowest BCUT2D eigenvalue weighted by Gasteiger charge is -2.18. The summed E-state index contributed by atoms with van der Waals surface area (Å²) in [6.07, 6.45) is 0.605. The Labute approximate surface area is 162 Å². The maximum absolute atomic E-state index is 12.2. The summed E-state index contributed by atoms with van der Waals surface area (Å²) >= 11 is 0. The normalized spacial score (nSPS) is 11.7. The van der Waals surface area contributed by atoms with Gasteiger partial charge in [-0.2, -0.15) is 0 Å². The molecule has 0 amide bonds. The van der Waals surface area contributed by atoms with Crippen molar-refractivity contribution in [1.82, 2.24) is 9.62 Å². The van der Waals surface area contributed by atoms with E-state index < -0.39 is 10.0 Å². The summed E-state index contributed by atoms with van der Waals surface area (Å²) in [5.74, 6) is 0.827. The zero-order valence-corrected chi connectivity index (χ0v) is 16.8. The number of nitrogens with one attached hydrogen (secondary N) is 1. The highest BCUT2D eigenvalue weighted by Crippen LogP contribution is 2.14. The van der Waals surface area contributed by atoms with Gasteiger partial charge in [0.1, 0.15) is 12.4 Å². The van der Waals surface area contributed by atoms with Crippen molar-refractivity contribution in [3.05, 3.63) is 54.1 Å². The molecule has 2 aromatic rings. The molecule has 0 aromatic heterocycles. The molecule has 0 heterocycles. The van der Waals surface area contributed by atoms with Crippen LogP contribution in [0.3, 0.4) is 0 Å². The van der Waals surface area contributed by atoms with Crippen molar-refractivity contribution in [2.24, 2.45) is 0 Å². The number of likely N-dealkylation sites (N-methyl/N-ethyl adjacent to an activating group) is 1. The van der Waals surface area contributed by atoms with Crippen molar-refractivity contribution in [2.75, 3.05) is 38.5 Å². The van der Waals surface area contributed by atoms with E-state index in [4.69, 9.17) is 10.5 Å². The van der Waals surface area contributed by atoms with Crippen LogP contribution in [0.5, 0.6) is 5.75 Å². The Balaban J connectivity index is 1.78. The predicted molar refractivity (Wildman–Crippen MR) is 109 cm³/mol. The maximum atomic E-state index is 12.2. The molecular formula is C20H29N3O3S. The molecule has 0 saturated heterocycles. The number of benzene rings is 2. The van der Waals surface area contributed by atoms with Crippen molar-refractivity contribution in [2.45, 2.75) is 25.2 Å². The van der Waals surface area contributed by atoms with E-state index in [0.29, 0.717) is 25.3 Å². The highest BCUT2D eigenvalue weighted by Gasteiger charge is 2.12. The van der Waals surface area contributed by atoms with Crippen LogP contribution < -0.4 is 15.2 Å². The van der Waals surface area contributed by atoms with Gasteiger partial charge in [0.05, 0.1) is 4.90 Å². The Kier molecular flexibility index (Phi) is 8.09. The largest absolute Gasteiger partial charge is 0.492 e. The molecule has 148 valence electrons. The second-order valence-electron chi connectivity index (χ2n) is 6.24. The lowest BCUT2D eigenvalue weighted by molar-refractivity contribution is 0.223. The number of ether oxygens (including phenoxy) is 1. The summed E-state index contributed by atoms with van der Waals surface area (Å²) in [5, 5.41) is 0. The Morgan fingerprint density at radius 3 is 2.22 bits per heavy atom. The fraction of sp³-hybridized carbons (Fsp3) is 0.400. The molecule has 0 fully saturated rings. The molecular weight excluding hydrogens is 362 g/mol. The summed E-state index contributed by atoms with van der Waals surface area (Å²) in [6.45, 7) is 8.20. The third-order valence-corrected chi connectivity index (χ3v) is 5.87. The molecule has 0 aliphatic rings. The first kappa shape index (κ1) is 21.2. The van der Waals surface area contributed by atoms with Gasteiger partial charge in [-0.3, -0.25) is 0 Å². The Bertz CT molecular complexity index is 786. The van der Waals surface area contributed by atoms with Gasteiger partial charge in [-0.1, -0.05) is 26.0 Å². The van der Waals surface area contributed by atoms with Crippen LogP contribution in [-0.2, 0) is 16.4 Å². The summed E-state index contributed by atoms with van der Waals surface area (Å²) in [4.78, 5) is 2.52. The zero-order chi connectivity index (χ0) is 19.7. The number of hydrogen-bond donors (Lipinski definition) is 2. The van der Waals surface area contributed by atoms with Crippen LogP contribution in [0.4, 0.5) is 5.69 Å². The van der Waals surface area contributed by atoms with Gasteiger partial charge in [0, 0.05) is 18.8 Å². The van der Waals surface area contributed by atoms with Crippen molar-refractivity contribution in [3.63, 3.8) is 0 Å². The van der Waals surface area contributed by atoms with Crippen LogP contribution in [0, 0.1) is 0 Å². The van der Waals surface area contributed by atoms with Gasteiger partial charge in [0.2, 0.25) is 10.0 Å². The van der Waals surface area contributed by atoms with Crippen LogP contribution in [-0.4, -0.2) is 46.1 Å². The van der Waals surface area contributed by atoms with E-state index in [1.54, 1.807) is 12.1 Å². The SMILES string of the molecule is CCN(CC)CCOc1ccc(CCNS(=O)(=O)c2ccc(N)cc2)cc1. The minimum atomic E-state index is -3.52. The quantitative estimate of drug-likeness (QED) is 0.575. The van der Waals surface area contributed by atoms with Crippen LogP contribution in [0.25, 0.3) is 0 Å². The number of nitrogen functional groups attached to an aromatic ring is 1. The Morgan fingerprint density at radius 1 is 1.00 bits per heavy atom. The third-order valence-electron chi connectivity index (χ3n) is 4.39. The Morgan fingerprint density at radius 2 is 1.63 bits per heavy atom. The minimum absolute atomic E-state index is 0.216. The molecule has 2 aromatic carbocycles. The number of nitrogens with zero attached hydrogens (tertiary/aromatic N) is 1. The minimum Gasteiger partial charge on any atom is -0.492 e. The van der Waals surface area contributed by atoms with Crippen molar-refractivity contribution in [1.29, 1.82) is 0 Å². The average Bonchev–Trinajstić information content (AvgIpc) is 2.67. The van der Waals surface area contributed by atoms with Crippen LogP contribution in [0.1, 0.15) is 19.4 Å². The number of nitrogens with two attached hydrogens (primary N) is 1. The average molecular weight is 392 g/mol. The highest BCUT2D eigenvalue weighted by atomic mass is 32.2. The lowest BCUT2D eigenvalue weighted by Crippen LogP contribution is -2.27. The molecule has 0 atom stereocenters. The van der Waals surface area contributed by atoms with E-state index in [-0.39, 0.29) is 4.90 Å². The molecule has 0 aliphatic heterocycles. The molecule has 0 bridgehead atoms. The van der Waals surface area contributed by atoms with E-state index >= 15 is 0 Å². The van der Waals surface area contributed by atoms with Gasteiger partial charge in [0.25, 0.3) is 0 Å². The van der Waals surface area contributed by atoms with E-state index in [1.165, 1.54) is 12.1 Å². The maximum Gasteiger partial charge on any atom is 0.240 e. The fourth-order valence-electron chi connectivity index (χ4n) is 2.64. The molecule has 2 rings (SSSR count). The summed E-state index contributed by atoms with van der Waals surface area (Å²) in [7, 11) is -3.52. The van der Waals surface area contributed by atoms with Gasteiger partial charge < -0.3 is 15.4 Å². The molecule has 0 aliphatic carbocycles. The van der Waals surface area contributed by atoms with E-state index in [0.717, 1.165) is 30.9 Å². The van der Waals surface area contributed by atoms with E-state index in [9.17, 15) is 8.42 Å². The monoisotopic (exact) mass is 391 g/mol. The van der Waals surface area contributed by atoms with Crippen molar-refractivity contribution < 1.29 is 13.2 Å². The van der Waals surface area contributed by atoms with Crippen LogP contribution in [0.15, 0.2) is 53.4 Å². The summed E-state index contributed by atoms with van der Waals surface area (Å²) < 4.78 is 32.8. The zero-order valence-electron chi connectivity index (χ0n) is 16.0. The first-order chi connectivity index (χ1) is 12.9. The van der Waals surface area contributed by atoms with Crippen LogP contribution >= 0.6 is 0 Å². The van der Waals surface area contributed by atoms with Gasteiger partial charge in [-0.15, -0.1) is 0 Å².